The molecule has 15 heavy (non-hydrogen) atoms. The second-order valence-electron chi connectivity index (χ2n) is 3.17. The number of para-hydroxylation sites is 1. The zero-order valence-corrected chi connectivity index (χ0v) is 9.88. The predicted molar refractivity (Wildman–Crippen MR) is 63.7 cm³/mol. The van der Waals surface area contributed by atoms with Gasteiger partial charge in [-0.3, -0.25) is 0 Å². The molecule has 1 rings (SSSR count). The van der Waals surface area contributed by atoms with E-state index in [1.807, 2.05) is 30.5 Å². The summed E-state index contributed by atoms with van der Waals surface area (Å²) in [5, 5.41) is 12.4. The number of aliphatic hydroxyl groups is 1. The molecule has 0 saturated carbocycles. The van der Waals surface area contributed by atoms with Crippen molar-refractivity contribution in [3.63, 3.8) is 0 Å². The number of aliphatic hydroxyl groups excluding tert-OH is 1. The number of rotatable bonds is 6. The van der Waals surface area contributed by atoms with Gasteiger partial charge >= 0.3 is 0 Å². The number of hydrogen-bond acceptors (Lipinski definition) is 4. The highest BCUT2D eigenvalue weighted by Crippen LogP contribution is 2.26. The molecule has 0 bridgehead atoms. The largest absolute Gasteiger partial charge is 0.490 e. The molecule has 2 N–H and O–H groups in total. The minimum atomic E-state index is -0.468. The molecule has 0 amide bonds. The molecule has 1 aromatic carbocycles. The van der Waals surface area contributed by atoms with Gasteiger partial charge in [0.2, 0.25) is 0 Å². The molecular weight excluding hydrogens is 210 g/mol. The first-order valence-corrected chi connectivity index (χ1v) is 6.09. The normalized spacial score (nSPS) is 12.5. The third-order valence-electron chi connectivity index (χ3n) is 1.94. The van der Waals surface area contributed by atoms with Gasteiger partial charge in [-0.1, -0.05) is 12.1 Å². The fraction of sp³-hybridized carbons (Fsp3) is 0.455. The van der Waals surface area contributed by atoms with E-state index in [1.165, 1.54) is 0 Å². The van der Waals surface area contributed by atoms with Crippen LogP contribution in [0.2, 0.25) is 0 Å². The van der Waals surface area contributed by atoms with Crippen molar-refractivity contribution < 1.29 is 9.84 Å². The Bertz CT molecular complexity index is 294. The molecule has 1 unspecified atom stereocenters. The van der Waals surface area contributed by atoms with Gasteiger partial charge in [-0.15, -0.1) is 11.8 Å². The first-order valence-electron chi connectivity index (χ1n) is 4.86. The molecule has 0 fully saturated rings. The second-order valence-corrected chi connectivity index (χ2v) is 4.02. The molecule has 1 aromatic rings. The van der Waals surface area contributed by atoms with Crippen molar-refractivity contribution in [3.8, 4) is 5.75 Å². The molecule has 0 aliphatic carbocycles. The number of benzene rings is 1. The number of nitrogens with one attached hydrogen (secondary N) is 1. The third kappa shape index (κ3) is 4.11. The van der Waals surface area contributed by atoms with Crippen LogP contribution in [0, 0.1) is 0 Å². The zero-order valence-electron chi connectivity index (χ0n) is 9.06. The van der Waals surface area contributed by atoms with Crippen molar-refractivity contribution in [2.45, 2.75) is 11.0 Å². The summed E-state index contributed by atoms with van der Waals surface area (Å²) in [5.41, 5.74) is 0. The third-order valence-corrected chi connectivity index (χ3v) is 2.72. The molecule has 0 heterocycles. The minimum Gasteiger partial charge on any atom is -0.490 e. The van der Waals surface area contributed by atoms with Crippen molar-refractivity contribution in [3.05, 3.63) is 24.3 Å². The molecular formula is C11H17NO2S. The number of likely N-dealkylation sites (N-methyl/N-ethyl adjacent to an activating group) is 1. The molecule has 0 aromatic heterocycles. The van der Waals surface area contributed by atoms with Gasteiger partial charge in [0.15, 0.2) is 0 Å². The van der Waals surface area contributed by atoms with E-state index in [0.717, 1.165) is 10.6 Å². The average molecular weight is 227 g/mol. The summed E-state index contributed by atoms with van der Waals surface area (Å²) >= 11 is 1.64. The van der Waals surface area contributed by atoms with E-state index in [1.54, 1.807) is 18.8 Å². The summed E-state index contributed by atoms with van der Waals surface area (Å²) < 4.78 is 5.53. The number of hydrogen-bond donors (Lipinski definition) is 2. The number of thioether (sulfide) groups is 1. The van der Waals surface area contributed by atoms with Crippen LogP contribution in [-0.2, 0) is 0 Å². The Morgan fingerprint density at radius 3 is 2.87 bits per heavy atom. The molecule has 1 atom stereocenters. The Kier molecular flexibility index (Phi) is 5.53. The molecule has 3 nitrogen and oxygen atoms in total. The van der Waals surface area contributed by atoms with Crippen LogP contribution in [0.1, 0.15) is 0 Å². The topological polar surface area (TPSA) is 41.5 Å². The SMILES string of the molecule is CNCC(O)COc1ccccc1SC. The van der Waals surface area contributed by atoms with Crippen LogP contribution in [0.25, 0.3) is 0 Å². The maximum atomic E-state index is 9.48. The van der Waals surface area contributed by atoms with Crippen LogP contribution in [-0.4, -0.2) is 37.7 Å². The highest BCUT2D eigenvalue weighted by atomic mass is 32.2. The monoisotopic (exact) mass is 227 g/mol. The van der Waals surface area contributed by atoms with E-state index < -0.39 is 6.10 Å². The first kappa shape index (κ1) is 12.4. The molecule has 0 aliphatic heterocycles. The van der Waals surface area contributed by atoms with E-state index in [0.29, 0.717) is 13.2 Å². The molecule has 0 radical (unpaired) electrons. The van der Waals surface area contributed by atoms with Crippen LogP contribution in [0.4, 0.5) is 0 Å². The Hall–Kier alpha value is -0.710. The van der Waals surface area contributed by atoms with Crippen molar-refractivity contribution in [2.24, 2.45) is 0 Å². The maximum Gasteiger partial charge on any atom is 0.132 e. The van der Waals surface area contributed by atoms with Crippen molar-refractivity contribution in [2.75, 3.05) is 26.5 Å². The highest BCUT2D eigenvalue weighted by Gasteiger charge is 2.06. The van der Waals surface area contributed by atoms with E-state index in [-0.39, 0.29) is 0 Å². The van der Waals surface area contributed by atoms with Gasteiger partial charge < -0.3 is 15.2 Å². The van der Waals surface area contributed by atoms with Crippen LogP contribution in [0.15, 0.2) is 29.2 Å². The highest BCUT2D eigenvalue weighted by molar-refractivity contribution is 7.98. The van der Waals surface area contributed by atoms with Gasteiger partial charge in [0, 0.05) is 11.4 Å². The van der Waals surface area contributed by atoms with E-state index in [2.05, 4.69) is 5.32 Å². The maximum absolute atomic E-state index is 9.48. The molecule has 0 saturated heterocycles. The molecule has 4 heteroatoms. The lowest BCUT2D eigenvalue weighted by Crippen LogP contribution is -2.29. The van der Waals surface area contributed by atoms with E-state index >= 15 is 0 Å². The van der Waals surface area contributed by atoms with Crippen LogP contribution >= 0.6 is 11.8 Å². The standard InChI is InChI=1S/C11H17NO2S/c1-12-7-9(13)8-14-10-5-3-4-6-11(10)15-2/h3-6,9,12-13H,7-8H2,1-2H3. The zero-order chi connectivity index (χ0) is 11.1. The fourth-order valence-electron chi connectivity index (χ4n) is 1.22. The van der Waals surface area contributed by atoms with Gasteiger partial charge in [-0.2, -0.15) is 0 Å². The van der Waals surface area contributed by atoms with Crippen molar-refractivity contribution in [1.29, 1.82) is 0 Å². The molecule has 0 spiro atoms. The summed E-state index contributed by atoms with van der Waals surface area (Å²) in [6.45, 7) is 0.861. The molecule has 0 aliphatic rings. The smallest absolute Gasteiger partial charge is 0.132 e. The fourth-order valence-corrected chi connectivity index (χ4v) is 1.76. The Morgan fingerprint density at radius 2 is 2.20 bits per heavy atom. The summed E-state index contributed by atoms with van der Waals surface area (Å²) in [5.74, 6) is 0.833. The Balaban J connectivity index is 2.49. The van der Waals surface area contributed by atoms with Gasteiger partial charge in [-0.05, 0) is 25.4 Å². The molecule has 84 valence electrons. The van der Waals surface area contributed by atoms with Gasteiger partial charge in [-0.25, -0.2) is 0 Å². The Labute approximate surface area is 94.8 Å². The van der Waals surface area contributed by atoms with Gasteiger partial charge in [0.1, 0.15) is 18.5 Å². The van der Waals surface area contributed by atoms with Gasteiger partial charge in [0.25, 0.3) is 0 Å². The van der Waals surface area contributed by atoms with Crippen LogP contribution < -0.4 is 10.1 Å². The second kappa shape index (κ2) is 6.71. The Morgan fingerprint density at radius 1 is 1.47 bits per heavy atom. The average Bonchev–Trinajstić information content (AvgIpc) is 2.27. The van der Waals surface area contributed by atoms with Crippen molar-refractivity contribution in [1.82, 2.24) is 5.32 Å². The van der Waals surface area contributed by atoms with E-state index in [4.69, 9.17) is 4.74 Å². The van der Waals surface area contributed by atoms with Crippen LogP contribution in [0.3, 0.4) is 0 Å². The van der Waals surface area contributed by atoms with Crippen LogP contribution in [0.5, 0.6) is 5.75 Å². The minimum absolute atomic E-state index is 0.318. The summed E-state index contributed by atoms with van der Waals surface area (Å²) in [6, 6.07) is 7.82. The summed E-state index contributed by atoms with van der Waals surface area (Å²) in [4.78, 5) is 1.09. The lowest BCUT2D eigenvalue weighted by atomic mass is 10.3. The van der Waals surface area contributed by atoms with Gasteiger partial charge in [0.05, 0.1) is 0 Å². The lowest BCUT2D eigenvalue weighted by molar-refractivity contribution is 0.107. The van der Waals surface area contributed by atoms with E-state index in [9.17, 15) is 5.11 Å². The lowest BCUT2D eigenvalue weighted by Gasteiger charge is -2.13. The summed E-state index contributed by atoms with van der Waals surface area (Å²) in [6.07, 6.45) is 1.54. The first-order chi connectivity index (χ1) is 7.27. The summed E-state index contributed by atoms with van der Waals surface area (Å²) in [7, 11) is 1.80. The quantitative estimate of drug-likeness (QED) is 0.720. The van der Waals surface area contributed by atoms with Crippen molar-refractivity contribution >= 4 is 11.8 Å². The predicted octanol–water partition coefficient (Wildman–Crippen LogP) is 1.37. The number of ether oxygens (including phenoxy) is 1.